The quantitative estimate of drug-likeness (QED) is 0.689. The van der Waals surface area contributed by atoms with Gasteiger partial charge in [-0.1, -0.05) is 0 Å². The highest BCUT2D eigenvalue weighted by Gasteiger charge is 1.98. The Balaban J connectivity index is 2.75. The summed E-state index contributed by atoms with van der Waals surface area (Å²) in [6, 6.07) is 4.11. The van der Waals surface area contributed by atoms with Crippen LogP contribution in [0.15, 0.2) is 24.5 Å². The van der Waals surface area contributed by atoms with Gasteiger partial charge in [-0.2, -0.15) is 0 Å². The molecule has 0 saturated carbocycles. The lowest BCUT2D eigenvalue weighted by Gasteiger charge is -2.03. The van der Waals surface area contributed by atoms with E-state index in [9.17, 15) is 0 Å². The number of nitrogens with one attached hydrogen (secondary N) is 1. The molecule has 0 spiro atoms. The van der Waals surface area contributed by atoms with E-state index in [1.807, 2.05) is 25.5 Å². The number of fused-ring (bicyclic) bond motifs is 1. The maximum Gasteiger partial charge on any atom is 0.138 e. The molecule has 0 aliphatic heterocycles. The van der Waals surface area contributed by atoms with Gasteiger partial charge < -0.3 is 9.72 Å². The van der Waals surface area contributed by atoms with E-state index in [4.69, 9.17) is 0 Å². The minimum Gasteiger partial charge on any atom is -0.388 e. The normalized spacial score (nSPS) is 10.5. The van der Waals surface area contributed by atoms with Crippen LogP contribution >= 0.6 is 0 Å². The first kappa shape index (κ1) is 7.16. The Labute approximate surface area is 71.0 Å². The van der Waals surface area contributed by atoms with Crippen molar-refractivity contribution in [2.24, 2.45) is 0 Å². The van der Waals surface area contributed by atoms with Crippen molar-refractivity contribution in [1.82, 2.24) is 9.38 Å². The molecule has 0 aliphatic carbocycles. The predicted octanol–water partition coefficient (Wildman–Crippen LogP) is 1.68. The molecule has 0 fully saturated rings. The maximum atomic E-state index is 4.21. The van der Waals surface area contributed by atoms with Crippen molar-refractivity contribution in [1.29, 1.82) is 0 Å². The molecule has 0 bridgehead atoms. The molecule has 0 amide bonds. The molecule has 2 aromatic rings. The average Bonchev–Trinajstić information content (AvgIpc) is 2.52. The van der Waals surface area contributed by atoms with E-state index in [0.29, 0.717) is 0 Å². The maximum absolute atomic E-state index is 4.21. The van der Waals surface area contributed by atoms with Crippen LogP contribution in [0, 0.1) is 6.92 Å². The minimum atomic E-state index is 0.986. The zero-order chi connectivity index (χ0) is 8.55. The second-order valence-electron chi connectivity index (χ2n) is 2.79. The highest BCUT2D eigenvalue weighted by Crippen LogP contribution is 2.13. The zero-order valence-electron chi connectivity index (χ0n) is 7.20. The van der Waals surface area contributed by atoms with E-state index >= 15 is 0 Å². The molecular weight excluding hydrogens is 150 g/mol. The molecule has 0 saturated heterocycles. The van der Waals surface area contributed by atoms with Crippen molar-refractivity contribution in [3.8, 4) is 0 Å². The van der Waals surface area contributed by atoms with Crippen LogP contribution < -0.4 is 5.32 Å². The zero-order valence-corrected chi connectivity index (χ0v) is 7.20. The second-order valence-corrected chi connectivity index (χ2v) is 2.79. The van der Waals surface area contributed by atoms with Crippen LogP contribution in [0.4, 0.5) is 5.69 Å². The molecule has 62 valence electrons. The number of aromatic nitrogens is 2. The Kier molecular flexibility index (Phi) is 1.50. The summed E-state index contributed by atoms with van der Waals surface area (Å²) in [5, 5.41) is 3.10. The third kappa shape index (κ3) is 0.942. The Morgan fingerprint density at radius 2 is 2.25 bits per heavy atom. The number of rotatable bonds is 1. The van der Waals surface area contributed by atoms with Crippen molar-refractivity contribution >= 4 is 11.3 Å². The average molecular weight is 161 g/mol. The van der Waals surface area contributed by atoms with Gasteiger partial charge in [0, 0.05) is 36.9 Å². The summed E-state index contributed by atoms with van der Waals surface area (Å²) >= 11 is 0. The lowest BCUT2D eigenvalue weighted by Crippen LogP contribution is -1.94. The lowest BCUT2D eigenvalue weighted by atomic mass is 10.3. The van der Waals surface area contributed by atoms with Gasteiger partial charge in [0.05, 0.1) is 0 Å². The number of anilines is 1. The third-order valence-corrected chi connectivity index (χ3v) is 1.99. The second kappa shape index (κ2) is 2.52. The largest absolute Gasteiger partial charge is 0.388 e. The van der Waals surface area contributed by atoms with Crippen LogP contribution in [0.25, 0.3) is 5.65 Å². The number of aryl methyl sites for hydroxylation is 1. The standard InChI is InChI=1S/C9H11N3/c1-7-5-8(10-2)6-9-11-3-4-12(7)9/h3-6,10H,1-2H3. The van der Waals surface area contributed by atoms with Gasteiger partial charge in [0.25, 0.3) is 0 Å². The molecule has 0 radical (unpaired) electrons. The Morgan fingerprint density at radius 3 is 3.00 bits per heavy atom. The summed E-state index contributed by atoms with van der Waals surface area (Å²) in [6.45, 7) is 2.06. The number of nitrogens with zero attached hydrogens (tertiary/aromatic N) is 2. The van der Waals surface area contributed by atoms with Crippen molar-refractivity contribution in [2.75, 3.05) is 12.4 Å². The Bertz CT molecular complexity index is 403. The van der Waals surface area contributed by atoms with Gasteiger partial charge in [-0.25, -0.2) is 4.98 Å². The molecular formula is C9H11N3. The van der Waals surface area contributed by atoms with Gasteiger partial charge in [0.1, 0.15) is 5.65 Å². The molecule has 1 N–H and O–H groups in total. The smallest absolute Gasteiger partial charge is 0.138 e. The van der Waals surface area contributed by atoms with Crippen LogP contribution in [0.1, 0.15) is 5.69 Å². The molecule has 3 heteroatoms. The van der Waals surface area contributed by atoms with Gasteiger partial charge in [0.2, 0.25) is 0 Å². The first-order valence-corrected chi connectivity index (χ1v) is 3.93. The monoisotopic (exact) mass is 161 g/mol. The number of hydrogen-bond acceptors (Lipinski definition) is 2. The fourth-order valence-corrected chi connectivity index (χ4v) is 1.34. The number of hydrogen-bond donors (Lipinski definition) is 1. The summed E-state index contributed by atoms with van der Waals surface area (Å²) in [7, 11) is 1.91. The van der Waals surface area contributed by atoms with Gasteiger partial charge in [0.15, 0.2) is 0 Å². The van der Waals surface area contributed by atoms with E-state index in [1.54, 1.807) is 0 Å². The van der Waals surface area contributed by atoms with Gasteiger partial charge in [-0.15, -0.1) is 0 Å². The molecule has 2 aromatic heterocycles. The lowest BCUT2D eigenvalue weighted by molar-refractivity contribution is 1.09. The van der Waals surface area contributed by atoms with Crippen LogP contribution in [0.3, 0.4) is 0 Å². The van der Waals surface area contributed by atoms with E-state index in [0.717, 1.165) is 11.3 Å². The summed E-state index contributed by atoms with van der Waals surface area (Å²) < 4.78 is 2.06. The van der Waals surface area contributed by atoms with E-state index in [1.165, 1.54) is 5.69 Å². The molecule has 0 unspecified atom stereocenters. The first-order chi connectivity index (χ1) is 5.81. The first-order valence-electron chi connectivity index (χ1n) is 3.93. The summed E-state index contributed by atoms with van der Waals surface area (Å²) in [5.74, 6) is 0. The highest BCUT2D eigenvalue weighted by molar-refractivity contribution is 5.55. The molecule has 2 heterocycles. The van der Waals surface area contributed by atoms with Crippen molar-refractivity contribution in [3.05, 3.63) is 30.2 Å². The molecule has 12 heavy (non-hydrogen) atoms. The molecule has 0 aromatic carbocycles. The van der Waals surface area contributed by atoms with Crippen molar-refractivity contribution < 1.29 is 0 Å². The molecule has 3 nitrogen and oxygen atoms in total. The molecule has 2 rings (SSSR count). The summed E-state index contributed by atoms with van der Waals surface area (Å²) in [4.78, 5) is 4.21. The summed E-state index contributed by atoms with van der Waals surface area (Å²) in [6.07, 6.45) is 3.77. The van der Waals surface area contributed by atoms with E-state index < -0.39 is 0 Å². The number of pyridine rings is 1. The third-order valence-electron chi connectivity index (χ3n) is 1.99. The predicted molar refractivity (Wildman–Crippen MR) is 49.5 cm³/mol. The van der Waals surface area contributed by atoms with E-state index in [-0.39, 0.29) is 0 Å². The van der Waals surface area contributed by atoms with Gasteiger partial charge in [-0.3, -0.25) is 0 Å². The molecule has 0 atom stereocenters. The summed E-state index contributed by atoms with van der Waals surface area (Å²) in [5.41, 5.74) is 3.28. The van der Waals surface area contributed by atoms with Crippen LogP contribution in [0.2, 0.25) is 0 Å². The van der Waals surface area contributed by atoms with Gasteiger partial charge in [-0.05, 0) is 13.0 Å². The highest BCUT2D eigenvalue weighted by atomic mass is 15.0. The fourth-order valence-electron chi connectivity index (χ4n) is 1.34. The fraction of sp³-hybridized carbons (Fsp3) is 0.222. The van der Waals surface area contributed by atoms with Crippen LogP contribution in [-0.2, 0) is 0 Å². The van der Waals surface area contributed by atoms with Crippen molar-refractivity contribution in [3.63, 3.8) is 0 Å². The topological polar surface area (TPSA) is 29.3 Å². The Morgan fingerprint density at radius 1 is 1.42 bits per heavy atom. The minimum absolute atomic E-state index is 0.986. The van der Waals surface area contributed by atoms with Crippen molar-refractivity contribution in [2.45, 2.75) is 6.92 Å². The Hall–Kier alpha value is -1.51. The van der Waals surface area contributed by atoms with E-state index in [2.05, 4.69) is 27.7 Å². The molecule has 0 aliphatic rings. The number of imidazole rings is 1. The SMILES string of the molecule is CNc1cc(C)n2ccnc2c1. The van der Waals surface area contributed by atoms with Gasteiger partial charge >= 0.3 is 0 Å². The van der Waals surface area contributed by atoms with Crippen LogP contribution in [-0.4, -0.2) is 16.4 Å². The van der Waals surface area contributed by atoms with Crippen LogP contribution in [0.5, 0.6) is 0 Å².